The molecule has 1 aromatic carbocycles. The molecular weight excluding hydrogens is 275 g/mol. The maximum absolute atomic E-state index is 13.1. The molecule has 0 saturated carbocycles. The van der Waals surface area contributed by atoms with E-state index in [1.165, 1.54) is 18.9 Å². The van der Waals surface area contributed by atoms with Crippen molar-refractivity contribution in [2.45, 2.75) is 39.3 Å². The molecule has 2 nitrogen and oxygen atoms in total. The molecule has 0 aliphatic heterocycles. The van der Waals surface area contributed by atoms with Crippen molar-refractivity contribution in [2.24, 2.45) is 5.92 Å². The molecule has 0 radical (unpaired) electrons. The van der Waals surface area contributed by atoms with Gasteiger partial charge in [-0.25, -0.2) is 4.39 Å². The van der Waals surface area contributed by atoms with Gasteiger partial charge in [-0.1, -0.05) is 44.4 Å². The Balaban J connectivity index is 2.53. The van der Waals surface area contributed by atoms with Crippen LogP contribution < -0.4 is 5.32 Å². The fraction of sp³-hybridized carbons (Fsp3) is 0.625. The van der Waals surface area contributed by atoms with Crippen molar-refractivity contribution in [2.75, 3.05) is 20.6 Å². The van der Waals surface area contributed by atoms with Gasteiger partial charge in [-0.3, -0.25) is 0 Å². The number of benzene rings is 1. The zero-order valence-electron chi connectivity index (χ0n) is 12.9. The number of rotatable bonds is 8. The number of hydrogen-bond donors (Lipinski definition) is 1. The summed E-state index contributed by atoms with van der Waals surface area (Å²) in [6.45, 7) is 6.12. The molecule has 1 unspecified atom stereocenters. The van der Waals surface area contributed by atoms with E-state index >= 15 is 0 Å². The molecule has 114 valence electrons. The highest BCUT2D eigenvalue weighted by atomic mass is 35.5. The van der Waals surface area contributed by atoms with Crippen LogP contribution in [0.5, 0.6) is 0 Å². The van der Waals surface area contributed by atoms with Crippen molar-refractivity contribution < 1.29 is 4.39 Å². The van der Waals surface area contributed by atoms with E-state index in [0.29, 0.717) is 18.5 Å². The molecule has 0 saturated heterocycles. The molecule has 0 aliphatic carbocycles. The van der Waals surface area contributed by atoms with E-state index in [9.17, 15) is 4.39 Å². The summed E-state index contributed by atoms with van der Waals surface area (Å²) in [7, 11) is 4.25. The first kappa shape index (κ1) is 17.4. The van der Waals surface area contributed by atoms with Crippen LogP contribution in [0.3, 0.4) is 0 Å². The lowest BCUT2D eigenvalue weighted by atomic mass is 9.93. The van der Waals surface area contributed by atoms with Crippen molar-refractivity contribution in [3.63, 3.8) is 0 Å². The van der Waals surface area contributed by atoms with E-state index in [2.05, 4.69) is 38.2 Å². The van der Waals surface area contributed by atoms with Crippen molar-refractivity contribution in [3.05, 3.63) is 34.6 Å². The van der Waals surface area contributed by atoms with Gasteiger partial charge >= 0.3 is 0 Å². The van der Waals surface area contributed by atoms with Crippen LogP contribution in [-0.4, -0.2) is 31.6 Å². The maximum Gasteiger partial charge on any atom is 0.141 e. The minimum atomic E-state index is -0.362. The SMILES string of the molecule is CCC(CC)C(CNCc1ccc(F)c(Cl)c1)N(C)C. The molecule has 0 spiro atoms. The third kappa shape index (κ3) is 5.04. The zero-order chi connectivity index (χ0) is 15.1. The third-order valence-electron chi connectivity index (χ3n) is 3.92. The van der Waals surface area contributed by atoms with Gasteiger partial charge in [0.2, 0.25) is 0 Å². The highest BCUT2D eigenvalue weighted by Gasteiger charge is 2.19. The van der Waals surface area contributed by atoms with E-state index in [-0.39, 0.29) is 10.8 Å². The predicted octanol–water partition coefficient (Wildman–Crippen LogP) is 3.94. The molecule has 0 amide bonds. The van der Waals surface area contributed by atoms with Crippen LogP contribution in [0.15, 0.2) is 18.2 Å². The van der Waals surface area contributed by atoms with Gasteiger partial charge in [0.05, 0.1) is 5.02 Å². The fourth-order valence-electron chi connectivity index (χ4n) is 2.62. The number of nitrogens with zero attached hydrogens (tertiary/aromatic N) is 1. The Kier molecular flexibility index (Phi) is 7.49. The lowest BCUT2D eigenvalue weighted by Crippen LogP contribution is -2.42. The highest BCUT2D eigenvalue weighted by Crippen LogP contribution is 2.18. The largest absolute Gasteiger partial charge is 0.311 e. The number of likely N-dealkylation sites (N-methyl/N-ethyl adjacent to an activating group) is 1. The Labute approximate surface area is 127 Å². The second-order valence-corrected chi connectivity index (χ2v) is 5.89. The summed E-state index contributed by atoms with van der Waals surface area (Å²) in [6.07, 6.45) is 2.37. The quantitative estimate of drug-likeness (QED) is 0.782. The molecule has 0 aromatic heterocycles. The minimum Gasteiger partial charge on any atom is -0.311 e. The Morgan fingerprint density at radius 3 is 2.40 bits per heavy atom. The standard InChI is InChI=1S/C16H26ClFN2/c1-5-13(6-2)16(20(3)4)11-19-10-12-7-8-15(18)14(17)9-12/h7-9,13,16,19H,5-6,10-11H2,1-4H3. The molecule has 1 atom stereocenters. The maximum atomic E-state index is 13.1. The van der Waals surface area contributed by atoms with Gasteiger partial charge in [0.15, 0.2) is 0 Å². The summed E-state index contributed by atoms with van der Waals surface area (Å²) in [6, 6.07) is 5.40. The molecule has 0 heterocycles. The molecule has 1 rings (SSSR count). The predicted molar refractivity (Wildman–Crippen MR) is 84.7 cm³/mol. The number of nitrogens with one attached hydrogen (secondary N) is 1. The van der Waals surface area contributed by atoms with E-state index in [1.807, 2.05) is 0 Å². The molecule has 1 aromatic rings. The number of halogens is 2. The van der Waals surface area contributed by atoms with Crippen molar-refractivity contribution in [1.29, 1.82) is 0 Å². The van der Waals surface area contributed by atoms with Gasteiger partial charge in [0.1, 0.15) is 5.82 Å². The Hall–Kier alpha value is -0.640. The van der Waals surface area contributed by atoms with E-state index in [0.717, 1.165) is 12.1 Å². The van der Waals surface area contributed by atoms with Gasteiger partial charge in [-0.2, -0.15) is 0 Å². The van der Waals surface area contributed by atoms with E-state index in [4.69, 9.17) is 11.6 Å². The molecule has 20 heavy (non-hydrogen) atoms. The summed E-state index contributed by atoms with van der Waals surface area (Å²) in [4.78, 5) is 2.28. The van der Waals surface area contributed by atoms with Crippen molar-refractivity contribution in [1.82, 2.24) is 10.2 Å². The lowest BCUT2D eigenvalue weighted by Gasteiger charge is -2.31. The van der Waals surface area contributed by atoms with Crippen LogP contribution in [-0.2, 0) is 6.54 Å². The van der Waals surface area contributed by atoms with Crippen LogP contribution in [0.4, 0.5) is 4.39 Å². The van der Waals surface area contributed by atoms with Crippen LogP contribution in [0.2, 0.25) is 5.02 Å². The van der Waals surface area contributed by atoms with Gasteiger partial charge in [0, 0.05) is 19.1 Å². The van der Waals surface area contributed by atoms with Crippen molar-refractivity contribution >= 4 is 11.6 Å². The molecule has 0 bridgehead atoms. The van der Waals surface area contributed by atoms with E-state index in [1.54, 1.807) is 12.1 Å². The normalized spacial score (nSPS) is 13.2. The first-order valence-corrected chi connectivity index (χ1v) is 7.68. The minimum absolute atomic E-state index is 0.188. The van der Waals surface area contributed by atoms with Crippen LogP contribution in [0.1, 0.15) is 32.3 Å². The average Bonchev–Trinajstić information content (AvgIpc) is 2.42. The molecule has 4 heteroatoms. The topological polar surface area (TPSA) is 15.3 Å². The summed E-state index contributed by atoms with van der Waals surface area (Å²) >= 11 is 5.79. The lowest BCUT2D eigenvalue weighted by molar-refractivity contribution is 0.194. The van der Waals surface area contributed by atoms with Crippen molar-refractivity contribution in [3.8, 4) is 0 Å². The summed E-state index contributed by atoms with van der Waals surface area (Å²) in [5.74, 6) is 0.327. The second kappa shape index (κ2) is 8.60. The highest BCUT2D eigenvalue weighted by molar-refractivity contribution is 6.30. The third-order valence-corrected chi connectivity index (χ3v) is 4.21. The van der Waals surface area contributed by atoms with E-state index < -0.39 is 0 Å². The van der Waals surface area contributed by atoms with Crippen LogP contribution in [0.25, 0.3) is 0 Å². The fourth-order valence-corrected chi connectivity index (χ4v) is 2.82. The summed E-state index contributed by atoms with van der Waals surface area (Å²) < 4.78 is 13.1. The first-order valence-electron chi connectivity index (χ1n) is 7.30. The Bertz CT molecular complexity index is 405. The monoisotopic (exact) mass is 300 g/mol. The average molecular weight is 301 g/mol. The Morgan fingerprint density at radius 2 is 1.90 bits per heavy atom. The molecular formula is C16H26ClFN2. The zero-order valence-corrected chi connectivity index (χ0v) is 13.7. The molecule has 0 aliphatic rings. The van der Waals surface area contributed by atoms with Gasteiger partial charge < -0.3 is 10.2 Å². The molecule has 1 N–H and O–H groups in total. The summed E-state index contributed by atoms with van der Waals surface area (Å²) in [5, 5.41) is 3.64. The molecule has 0 fully saturated rings. The van der Waals surface area contributed by atoms with Gasteiger partial charge in [-0.05, 0) is 37.7 Å². The second-order valence-electron chi connectivity index (χ2n) is 5.49. The van der Waals surface area contributed by atoms with Crippen LogP contribution >= 0.6 is 11.6 Å². The van der Waals surface area contributed by atoms with Crippen LogP contribution in [0, 0.1) is 11.7 Å². The number of hydrogen-bond acceptors (Lipinski definition) is 2. The Morgan fingerprint density at radius 1 is 1.25 bits per heavy atom. The summed E-state index contributed by atoms with van der Waals surface area (Å²) in [5.41, 5.74) is 1.01. The smallest absolute Gasteiger partial charge is 0.141 e. The van der Waals surface area contributed by atoms with Gasteiger partial charge in [0.25, 0.3) is 0 Å². The first-order chi connectivity index (χ1) is 9.49. The van der Waals surface area contributed by atoms with Gasteiger partial charge in [-0.15, -0.1) is 0 Å².